The van der Waals surface area contributed by atoms with Gasteiger partial charge in [0.2, 0.25) is 0 Å². The maximum Gasteiger partial charge on any atom is 1.00 e. The van der Waals surface area contributed by atoms with E-state index >= 15 is 0 Å². The number of carbonyl (C=O) groups excluding carboxylic acids is 1. The number of ether oxygens (including phenoxy) is 2. The Balaban J connectivity index is 0.00000300. The molecular weight excluding hydrogens is 379 g/mol. The Kier molecular flexibility index (Phi) is 7.88. The normalized spacial score (nSPS) is 10.7. The summed E-state index contributed by atoms with van der Waals surface area (Å²) < 4.78 is 10.4. The summed E-state index contributed by atoms with van der Waals surface area (Å²) in [5.41, 5.74) is 0.762. The number of aliphatic hydroxyl groups excluding tert-OH is 1. The van der Waals surface area contributed by atoms with Gasteiger partial charge in [0, 0.05) is 0 Å². The molecule has 0 spiro atoms. The van der Waals surface area contributed by atoms with E-state index in [4.69, 9.17) is 9.47 Å². The molecule has 0 fully saturated rings. The fourth-order valence-corrected chi connectivity index (χ4v) is 3.40. The molecule has 0 bridgehead atoms. The number of rotatable bonds is 7. The molecule has 0 radical (unpaired) electrons. The van der Waals surface area contributed by atoms with Gasteiger partial charge in [-0.2, -0.15) is 0 Å². The molecule has 0 heterocycles. The number of carboxylic acid groups (broad SMARTS) is 1. The van der Waals surface area contributed by atoms with Crippen molar-refractivity contribution in [2.24, 2.45) is 0 Å². The summed E-state index contributed by atoms with van der Waals surface area (Å²) in [5.74, 6) is 0.00213. The average molecular weight is 400 g/mol. The third-order valence-corrected chi connectivity index (χ3v) is 4.92. The first-order valence-electron chi connectivity index (χ1n) is 8.77. The molecule has 0 aliphatic rings. The van der Waals surface area contributed by atoms with E-state index in [0.29, 0.717) is 33.8 Å². The third-order valence-electron chi connectivity index (χ3n) is 4.92. The summed E-state index contributed by atoms with van der Waals surface area (Å²) in [5, 5.41) is 22.0. The second kappa shape index (κ2) is 9.94. The molecular formula is C23H21NaO5. The average Bonchev–Trinajstić information content (AvgIpc) is 2.75. The molecule has 3 aromatic carbocycles. The van der Waals surface area contributed by atoms with Crippen molar-refractivity contribution >= 4 is 5.97 Å². The van der Waals surface area contributed by atoms with Crippen molar-refractivity contribution in [2.45, 2.75) is 12.0 Å². The second-order valence-corrected chi connectivity index (χ2v) is 6.35. The predicted octanol–water partition coefficient (Wildman–Crippen LogP) is -0.716. The van der Waals surface area contributed by atoms with Gasteiger partial charge in [0.1, 0.15) is 11.5 Å². The smallest absolute Gasteiger partial charge is 0.548 e. The van der Waals surface area contributed by atoms with E-state index in [9.17, 15) is 15.0 Å². The first-order valence-corrected chi connectivity index (χ1v) is 8.77. The van der Waals surface area contributed by atoms with Gasteiger partial charge in [-0.3, -0.25) is 0 Å². The first-order chi connectivity index (χ1) is 13.6. The van der Waals surface area contributed by atoms with Crippen molar-refractivity contribution in [3.05, 3.63) is 95.1 Å². The van der Waals surface area contributed by atoms with E-state index in [1.165, 1.54) is 0 Å². The maximum atomic E-state index is 12.7. The molecule has 1 N–H and O–H groups in total. The van der Waals surface area contributed by atoms with Crippen LogP contribution in [0.3, 0.4) is 0 Å². The Labute approximate surface area is 192 Å². The van der Waals surface area contributed by atoms with Crippen LogP contribution in [0.4, 0.5) is 0 Å². The van der Waals surface area contributed by atoms with Crippen LogP contribution in [0, 0.1) is 0 Å². The van der Waals surface area contributed by atoms with Crippen LogP contribution in [0.15, 0.2) is 72.8 Å². The molecule has 0 saturated carbocycles. The van der Waals surface area contributed by atoms with E-state index in [1.807, 2.05) is 0 Å². The van der Waals surface area contributed by atoms with Gasteiger partial charge in [0.05, 0.1) is 32.2 Å². The topological polar surface area (TPSA) is 78.8 Å². The molecule has 3 rings (SSSR count). The Morgan fingerprint density at radius 3 is 1.41 bits per heavy atom. The Morgan fingerprint density at radius 2 is 1.14 bits per heavy atom. The Bertz CT molecular complexity index is 819. The van der Waals surface area contributed by atoms with Crippen LogP contribution in [0.2, 0.25) is 0 Å². The van der Waals surface area contributed by atoms with Crippen LogP contribution in [-0.4, -0.2) is 25.3 Å². The number of benzene rings is 3. The van der Waals surface area contributed by atoms with E-state index in [2.05, 4.69) is 0 Å². The van der Waals surface area contributed by atoms with E-state index in [1.54, 1.807) is 87.0 Å². The van der Waals surface area contributed by atoms with Crippen molar-refractivity contribution in [2.75, 3.05) is 14.2 Å². The van der Waals surface area contributed by atoms with Crippen LogP contribution in [-0.2, 0) is 16.8 Å². The SMILES string of the molecule is COc1ccc(C(C(=O)[O-])(c2ccc(CO)cc2)c2ccc(OC)cc2)cc1.[Na+]. The third kappa shape index (κ3) is 4.33. The zero-order chi connectivity index (χ0) is 20.1. The summed E-state index contributed by atoms with van der Waals surface area (Å²) in [6.45, 7) is -0.121. The zero-order valence-electron chi connectivity index (χ0n) is 16.7. The summed E-state index contributed by atoms with van der Waals surface area (Å²) in [6, 6.07) is 20.6. The molecule has 0 amide bonds. The van der Waals surface area contributed by atoms with E-state index < -0.39 is 11.4 Å². The minimum absolute atomic E-state index is 0. The van der Waals surface area contributed by atoms with Gasteiger partial charge in [0.25, 0.3) is 0 Å². The van der Waals surface area contributed by atoms with E-state index in [-0.39, 0.29) is 36.2 Å². The number of aliphatic hydroxyl groups is 1. The zero-order valence-corrected chi connectivity index (χ0v) is 18.7. The number of methoxy groups -OCH3 is 2. The molecule has 0 atom stereocenters. The first kappa shape index (κ1) is 23.0. The number of carboxylic acids is 1. The number of aliphatic carboxylic acids is 1. The monoisotopic (exact) mass is 400 g/mol. The van der Waals surface area contributed by atoms with Crippen LogP contribution in [0.25, 0.3) is 0 Å². The Hall–Kier alpha value is -2.31. The number of hydrogen-bond acceptors (Lipinski definition) is 5. The molecule has 0 aliphatic heterocycles. The van der Waals surface area contributed by atoms with Crippen molar-refractivity contribution in [1.82, 2.24) is 0 Å². The van der Waals surface area contributed by atoms with Crippen molar-refractivity contribution in [1.29, 1.82) is 0 Å². The molecule has 6 heteroatoms. The molecule has 3 aromatic rings. The molecule has 0 saturated heterocycles. The fourth-order valence-electron chi connectivity index (χ4n) is 3.40. The molecule has 144 valence electrons. The molecule has 0 aromatic heterocycles. The van der Waals surface area contributed by atoms with Gasteiger partial charge in [-0.25, -0.2) is 0 Å². The fraction of sp³-hybridized carbons (Fsp3) is 0.174. The van der Waals surface area contributed by atoms with Gasteiger partial charge in [0.15, 0.2) is 0 Å². The Morgan fingerprint density at radius 1 is 0.793 bits per heavy atom. The molecule has 0 unspecified atom stereocenters. The summed E-state index contributed by atoms with van der Waals surface area (Å²) >= 11 is 0. The standard InChI is InChI=1S/C23H22O5.Na/c1-27-20-11-7-18(8-12-20)23(22(25)26,17-5-3-16(15-24)4-6-17)19-9-13-21(28-2)14-10-19;/h3-14,24H,15H2,1-2H3,(H,25,26);/q;+1/p-1. The summed E-state index contributed by atoms with van der Waals surface area (Å²) in [4.78, 5) is 12.7. The van der Waals surface area contributed by atoms with Crippen molar-refractivity contribution < 1.29 is 54.0 Å². The van der Waals surface area contributed by atoms with Gasteiger partial charge in [-0.05, 0) is 46.5 Å². The van der Waals surface area contributed by atoms with Crippen LogP contribution < -0.4 is 44.1 Å². The molecule has 29 heavy (non-hydrogen) atoms. The number of hydrogen-bond donors (Lipinski definition) is 1. The van der Waals surface area contributed by atoms with Crippen LogP contribution >= 0.6 is 0 Å². The van der Waals surface area contributed by atoms with Gasteiger partial charge >= 0.3 is 29.6 Å². The van der Waals surface area contributed by atoms with E-state index in [0.717, 1.165) is 0 Å². The molecule has 0 aliphatic carbocycles. The summed E-state index contributed by atoms with van der Waals surface area (Å²) in [6.07, 6.45) is 0. The van der Waals surface area contributed by atoms with Gasteiger partial charge in [-0.15, -0.1) is 0 Å². The van der Waals surface area contributed by atoms with Crippen LogP contribution in [0.1, 0.15) is 22.3 Å². The second-order valence-electron chi connectivity index (χ2n) is 6.35. The van der Waals surface area contributed by atoms with Crippen molar-refractivity contribution in [3.8, 4) is 11.5 Å². The molecule has 5 nitrogen and oxygen atoms in total. The van der Waals surface area contributed by atoms with Crippen molar-refractivity contribution in [3.63, 3.8) is 0 Å². The minimum atomic E-state index is -1.54. The van der Waals surface area contributed by atoms with Gasteiger partial charge in [-0.1, -0.05) is 48.5 Å². The van der Waals surface area contributed by atoms with Gasteiger partial charge < -0.3 is 24.5 Å². The quantitative estimate of drug-likeness (QED) is 0.419. The largest absolute Gasteiger partial charge is 1.00 e. The summed E-state index contributed by atoms with van der Waals surface area (Å²) in [7, 11) is 3.11. The minimum Gasteiger partial charge on any atom is -0.548 e. The van der Waals surface area contributed by atoms with Crippen LogP contribution in [0.5, 0.6) is 11.5 Å². The maximum absolute atomic E-state index is 12.7. The predicted molar refractivity (Wildman–Crippen MR) is 103 cm³/mol. The number of carbonyl (C=O) groups is 1.